The number of hydrogen-bond donors (Lipinski definition) is 3. The molecule has 24 heavy (non-hydrogen) atoms. The van der Waals surface area contributed by atoms with Gasteiger partial charge in [-0.25, -0.2) is 13.6 Å². The fourth-order valence-electron chi connectivity index (χ4n) is 1.81. The summed E-state index contributed by atoms with van der Waals surface area (Å²) < 4.78 is 23.0. The Labute approximate surface area is 153 Å². The Morgan fingerprint density at radius 1 is 1.17 bits per heavy atom. The quantitative estimate of drug-likeness (QED) is 0.653. The summed E-state index contributed by atoms with van der Waals surface area (Å²) in [6, 6.07) is 11.2. The van der Waals surface area contributed by atoms with Crippen LogP contribution in [0.25, 0.3) is 0 Å². The predicted octanol–water partition coefficient (Wildman–Crippen LogP) is 2.53. The van der Waals surface area contributed by atoms with E-state index in [4.69, 9.17) is 17.4 Å². The molecule has 9 heteroatoms. The second kappa shape index (κ2) is 7.39. The molecule has 2 rings (SSSR count). The molecule has 0 aliphatic rings. The summed E-state index contributed by atoms with van der Waals surface area (Å²) in [7, 11) is -3.79. The first-order chi connectivity index (χ1) is 11.2. The summed E-state index contributed by atoms with van der Waals surface area (Å²) in [5.74, 6) is -0.343. The van der Waals surface area contributed by atoms with E-state index in [0.29, 0.717) is 15.7 Å². The van der Waals surface area contributed by atoms with Crippen molar-refractivity contribution in [2.24, 2.45) is 5.14 Å². The summed E-state index contributed by atoms with van der Waals surface area (Å²) in [6.45, 7) is 1.93. The topological polar surface area (TPSA) is 101 Å². The molecule has 0 spiro atoms. The first-order valence-electron chi connectivity index (χ1n) is 6.68. The zero-order valence-corrected chi connectivity index (χ0v) is 15.8. The van der Waals surface area contributed by atoms with Gasteiger partial charge in [0.2, 0.25) is 10.0 Å². The molecule has 0 aromatic heterocycles. The largest absolute Gasteiger partial charge is 0.331 e. The number of aryl methyl sites for hydroxylation is 1. The highest BCUT2D eigenvalue weighted by atomic mass is 79.9. The van der Waals surface area contributed by atoms with Gasteiger partial charge in [0.25, 0.3) is 5.91 Å². The minimum Gasteiger partial charge on any atom is -0.331 e. The minimum atomic E-state index is -3.79. The van der Waals surface area contributed by atoms with Crippen molar-refractivity contribution in [2.45, 2.75) is 11.8 Å². The maximum Gasteiger partial charge on any atom is 0.257 e. The summed E-state index contributed by atoms with van der Waals surface area (Å²) in [5, 5.41) is 10.5. The van der Waals surface area contributed by atoms with Gasteiger partial charge < -0.3 is 5.32 Å². The number of thiocarbonyl (C=S) groups is 1. The molecule has 4 N–H and O–H groups in total. The predicted molar refractivity (Wildman–Crippen MR) is 100 cm³/mol. The van der Waals surface area contributed by atoms with Crippen molar-refractivity contribution in [3.8, 4) is 0 Å². The van der Waals surface area contributed by atoms with Crippen LogP contribution in [0, 0.1) is 6.92 Å². The molecule has 2 aromatic carbocycles. The lowest BCUT2D eigenvalue weighted by Gasteiger charge is -2.12. The summed E-state index contributed by atoms with van der Waals surface area (Å²) >= 11 is 8.33. The van der Waals surface area contributed by atoms with Gasteiger partial charge in [-0.1, -0.05) is 17.7 Å². The second-order valence-corrected chi connectivity index (χ2v) is 7.78. The number of nitrogens with one attached hydrogen (secondary N) is 2. The van der Waals surface area contributed by atoms with Crippen LogP contribution < -0.4 is 15.8 Å². The second-order valence-electron chi connectivity index (χ2n) is 4.96. The molecule has 0 saturated heterocycles. The molecular weight excluding hydrogens is 414 g/mol. The Kier molecular flexibility index (Phi) is 5.70. The monoisotopic (exact) mass is 427 g/mol. The van der Waals surface area contributed by atoms with Crippen LogP contribution in [0.15, 0.2) is 51.8 Å². The van der Waals surface area contributed by atoms with E-state index >= 15 is 0 Å². The molecule has 0 aliphatic carbocycles. The molecule has 0 unspecified atom stereocenters. The molecule has 0 fully saturated rings. The highest BCUT2D eigenvalue weighted by Crippen LogP contribution is 2.25. The molecule has 126 valence electrons. The summed E-state index contributed by atoms with van der Waals surface area (Å²) in [6.07, 6.45) is 0. The van der Waals surface area contributed by atoms with E-state index in [1.165, 1.54) is 18.2 Å². The molecule has 2 aromatic rings. The summed E-state index contributed by atoms with van der Waals surface area (Å²) in [5.41, 5.74) is 2.02. The Bertz CT molecular complexity index is 897. The van der Waals surface area contributed by atoms with E-state index in [9.17, 15) is 13.2 Å². The Morgan fingerprint density at radius 2 is 1.79 bits per heavy atom. The molecule has 0 aliphatic heterocycles. The highest BCUT2D eigenvalue weighted by Gasteiger charge is 2.12. The van der Waals surface area contributed by atoms with Crippen molar-refractivity contribution in [3.05, 3.63) is 58.1 Å². The first-order valence-corrected chi connectivity index (χ1v) is 9.43. The number of sulfonamides is 1. The van der Waals surface area contributed by atoms with Gasteiger partial charge in [-0.2, -0.15) is 0 Å². The van der Waals surface area contributed by atoms with Gasteiger partial charge in [0.05, 0.1) is 10.6 Å². The Morgan fingerprint density at radius 3 is 2.33 bits per heavy atom. The average Bonchev–Trinajstić information content (AvgIpc) is 2.48. The molecular formula is C15H14BrN3O3S2. The van der Waals surface area contributed by atoms with Crippen molar-refractivity contribution in [2.75, 3.05) is 5.32 Å². The van der Waals surface area contributed by atoms with Crippen LogP contribution in [0.1, 0.15) is 15.9 Å². The number of primary sulfonamides is 1. The van der Waals surface area contributed by atoms with Gasteiger partial charge >= 0.3 is 0 Å². The number of amides is 1. The van der Waals surface area contributed by atoms with Gasteiger partial charge in [0.1, 0.15) is 0 Å². The maximum atomic E-state index is 12.1. The van der Waals surface area contributed by atoms with E-state index in [1.54, 1.807) is 12.1 Å². The Hall–Kier alpha value is -1.81. The van der Waals surface area contributed by atoms with E-state index in [-0.39, 0.29) is 15.9 Å². The van der Waals surface area contributed by atoms with E-state index < -0.39 is 10.0 Å². The van der Waals surface area contributed by atoms with Gasteiger partial charge in [-0.05, 0) is 65.4 Å². The fourth-order valence-corrected chi connectivity index (χ4v) is 3.18. The third-order valence-electron chi connectivity index (χ3n) is 3.06. The zero-order valence-electron chi connectivity index (χ0n) is 12.5. The van der Waals surface area contributed by atoms with Crippen LogP contribution in [0.2, 0.25) is 0 Å². The van der Waals surface area contributed by atoms with Crippen molar-refractivity contribution >= 4 is 54.9 Å². The number of hydrogen-bond acceptors (Lipinski definition) is 4. The molecule has 1 amide bonds. The van der Waals surface area contributed by atoms with Crippen LogP contribution >= 0.6 is 28.1 Å². The molecule has 6 nitrogen and oxygen atoms in total. The average molecular weight is 428 g/mol. The number of nitrogens with two attached hydrogens (primary N) is 1. The van der Waals surface area contributed by atoms with E-state index in [0.717, 1.165) is 5.56 Å². The standard InChI is InChI=1S/C15H14BrN3O3S2/c1-9-2-4-10(5-3-9)14(20)19-15(23)18-13-7-6-11(8-12(13)16)24(17,21)22/h2-8H,1H3,(H2,17,21,22)(H2,18,19,20,23). The molecule has 0 radical (unpaired) electrons. The SMILES string of the molecule is Cc1ccc(C(=O)NC(=S)Nc2ccc(S(N)(=O)=O)cc2Br)cc1. The van der Waals surface area contributed by atoms with Gasteiger partial charge in [0.15, 0.2) is 5.11 Å². The van der Waals surface area contributed by atoms with E-state index in [1.807, 2.05) is 19.1 Å². The lowest BCUT2D eigenvalue weighted by molar-refractivity contribution is 0.0977. The number of carbonyl (C=O) groups is 1. The Balaban J connectivity index is 2.07. The minimum absolute atomic E-state index is 0.0328. The van der Waals surface area contributed by atoms with Crippen molar-refractivity contribution in [1.82, 2.24) is 5.32 Å². The smallest absolute Gasteiger partial charge is 0.257 e. The highest BCUT2D eigenvalue weighted by molar-refractivity contribution is 9.10. The van der Waals surface area contributed by atoms with Gasteiger partial charge in [-0.15, -0.1) is 0 Å². The third-order valence-corrected chi connectivity index (χ3v) is 4.83. The van der Waals surface area contributed by atoms with Crippen molar-refractivity contribution in [1.29, 1.82) is 0 Å². The molecule has 0 saturated carbocycles. The van der Waals surface area contributed by atoms with Gasteiger partial charge in [0, 0.05) is 10.0 Å². The molecule has 0 heterocycles. The van der Waals surface area contributed by atoms with Crippen molar-refractivity contribution < 1.29 is 13.2 Å². The fraction of sp³-hybridized carbons (Fsp3) is 0.0667. The molecule has 0 bridgehead atoms. The summed E-state index contributed by atoms with van der Waals surface area (Å²) in [4.78, 5) is 12.0. The maximum absolute atomic E-state index is 12.1. The molecule has 0 atom stereocenters. The number of rotatable bonds is 3. The van der Waals surface area contributed by atoms with Crippen LogP contribution in [0.4, 0.5) is 5.69 Å². The van der Waals surface area contributed by atoms with Crippen LogP contribution in [0.3, 0.4) is 0 Å². The normalized spacial score (nSPS) is 11.0. The number of halogens is 1. The number of benzene rings is 2. The van der Waals surface area contributed by atoms with Crippen LogP contribution in [-0.2, 0) is 10.0 Å². The number of carbonyl (C=O) groups excluding carboxylic acids is 1. The van der Waals surface area contributed by atoms with Crippen LogP contribution in [0.5, 0.6) is 0 Å². The lowest BCUT2D eigenvalue weighted by atomic mass is 10.1. The third kappa shape index (κ3) is 4.84. The van der Waals surface area contributed by atoms with Gasteiger partial charge in [-0.3, -0.25) is 10.1 Å². The van der Waals surface area contributed by atoms with E-state index in [2.05, 4.69) is 26.6 Å². The first kappa shape index (κ1) is 18.5. The number of anilines is 1. The van der Waals surface area contributed by atoms with Crippen LogP contribution in [-0.4, -0.2) is 19.4 Å². The lowest BCUT2D eigenvalue weighted by Crippen LogP contribution is -2.34. The van der Waals surface area contributed by atoms with Crippen molar-refractivity contribution in [3.63, 3.8) is 0 Å². The zero-order chi connectivity index (χ0) is 17.9.